The minimum atomic E-state index is -0.383. The number of nitrogens with zero attached hydrogens (tertiary/aromatic N) is 2. The lowest BCUT2D eigenvalue weighted by atomic mass is 9.89. The molecule has 7 nitrogen and oxygen atoms in total. The van der Waals surface area contributed by atoms with Crippen LogP contribution in [-0.2, 0) is 30.1 Å². The molecule has 1 aliphatic rings. The number of rotatable bonds is 21. The Bertz CT molecular complexity index is 1280. The lowest BCUT2D eigenvalue weighted by Gasteiger charge is -2.46. The van der Waals surface area contributed by atoms with E-state index < -0.39 is 0 Å². The summed E-state index contributed by atoms with van der Waals surface area (Å²) in [6, 6.07) is 20.2. The SMILES string of the molecule is CCCCOC[C@H]1O[C@@H](c2ccc(Cl)c(Cc3ccc(-c4ccccc4)nn3)c2)[C@H](OCCCC)[C@@H](OCCCC)[C@@H]1OCCCC. The quantitative estimate of drug-likeness (QED) is 0.105. The van der Waals surface area contributed by atoms with Gasteiger partial charge in [0.15, 0.2) is 0 Å². The molecule has 1 aliphatic heterocycles. The van der Waals surface area contributed by atoms with E-state index >= 15 is 0 Å². The van der Waals surface area contributed by atoms with Gasteiger partial charge in [-0.2, -0.15) is 10.2 Å². The molecule has 5 atom stereocenters. The predicted octanol–water partition coefficient (Wildman–Crippen LogP) is 9.20. The molecule has 0 saturated carbocycles. The van der Waals surface area contributed by atoms with Crippen LogP contribution in [0.5, 0.6) is 0 Å². The monoisotopic (exact) mass is 666 g/mol. The fourth-order valence-corrected chi connectivity index (χ4v) is 5.93. The van der Waals surface area contributed by atoms with Gasteiger partial charge in [-0.1, -0.05) is 107 Å². The molecule has 0 aliphatic carbocycles. The van der Waals surface area contributed by atoms with Crippen molar-refractivity contribution >= 4 is 11.6 Å². The van der Waals surface area contributed by atoms with Gasteiger partial charge in [0.05, 0.1) is 18.0 Å². The first-order chi connectivity index (χ1) is 23.1. The molecular weight excluding hydrogens is 612 g/mol. The molecule has 0 bridgehead atoms. The molecule has 0 amide bonds. The Hall–Kier alpha value is -2.39. The van der Waals surface area contributed by atoms with Crippen LogP contribution in [-0.4, -0.2) is 67.6 Å². The van der Waals surface area contributed by atoms with Crippen molar-refractivity contribution in [2.24, 2.45) is 0 Å². The van der Waals surface area contributed by atoms with Gasteiger partial charge >= 0.3 is 0 Å². The maximum absolute atomic E-state index is 6.96. The van der Waals surface area contributed by atoms with Crippen molar-refractivity contribution in [1.82, 2.24) is 10.2 Å². The van der Waals surface area contributed by atoms with Gasteiger partial charge in [0.2, 0.25) is 0 Å². The van der Waals surface area contributed by atoms with Gasteiger partial charge in [0.1, 0.15) is 30.5 Å². The zero-order valence-corrected chi connectivity index (χ0v) is 29.6. The Labute approximate surface area is 287 Å². The topological polar surface area (TPSA) is 71.9 Å². The molecule has 2 heterocycles. The smallest absolute Gasteiger partial charge is 0.117 e. The number of benzene rings is 2. The zero-order chi connectivity index (χ0) is 33.3. The van der Waals surface area contributed by atoms with Gasteiger partial charge < -0.3 is 23.7 Å². The molecule has 0 unspecified atom stereocenters. The molecule has 47 heavy (non-hydrogen) atoms. The Kier molecular flexibility index (Phi) is 16.6. The Morgan fingerprint density at radius 3 is 1.96 bits per heavy atom. The summed E-state index contributed by atoms with van der Waals surface area (Å²) in [7, 11) is 0. The molecule has 0 radical (unpaired) electrons. The van der Waals surface area contributed by atoms with Crippen LogP contribution in [0.3, 0.4) is 0 Å². The fraction of sp³-hybridized carbons (Fsp3) is 0.590. The van der Waals surface area contributed by atoms with Crippen LogP contribution in [0, 0.1) is 0 Å². The predicted molar refractivity (Wildman–Crippen MR) is 189 cm³/mol. The largest absolute Gasteiger partial charge is 0.379 e. The fourth-order valence-electron chi connectivity index (χ4n) is 5.75. The summed E-state index contributed by atoms with van der Waals surface area (Å²) in [5.74, 6) is 0. The van der Waals surface area contributed by atoms with E-state index in [1.165, 1.54) is 0 Å². The summed E-state index contributed by atoms with van der Waals surface area (Å²) in [6.45, 7) is 11.7. The second-order valence-corrected chi connectivity index (χ2v) is 12.8. The van der Waals surface area contributed by atoms with Crippen molar-refractivity contribution in [1.29, 1.82) is 0 Å². The highest BCUT2D eigenvalue weighted by molar-refractivity contribution is 6.31. The second-order valence-electron chi connectivity index (χ2n) is 12.4. The van der Waals surface area contributed by atoms with Crippen LogP contribution in [0.1, 0.15) is 102 Å². The van der Waals surface area contributed by atoms with Gasteiger partial charge in [-0.3, -0.25) is 0 Å². The van der Waals surface area contributed by atoms with E-state index in [2.05, 4.69) is 44.0 Å². The molecule has 1 aromatic heterocycles. The number of unbranched alkanes of at least 4 members (excludes halogenated alkanes) is 4. The van der Waals surface area contributed by atoms with Gasteiger partial charge in [-0.05, 0) is 55.0 Å². The molecule has 0 spiro atoms. The molecule has 1 fully saturated rings. The van der Waals surface area contributed by atoms with Crippen molar-refractivity contribution in [3.8, 4) is 11.3 Å². The normalized spacial score (nSPS) is 21.3. The highest BCUT2D eigenvalue weighted by Crippen LogP contribution is 2.39. The maximum Gasteiger partial charge on any atom is 0.117 e. The van der Waals surface area contributed by atoms with E-state index in [1.807, 2.05) is 54.6 Å². The molecule has 8 heteroatoms. The van der Waals surface area contributed by atoms with Crippen LogP contribution in [0.4, 0.5) is 0 Å². The molecule has 0 N–H and O–H groups in total. The van der Waals surface area contributed by atoms with Crippen LogP contribution in [0.25, 0.3) is 11.3 Å². The molecule has 4 rings (SSSR count). The van der Waals surface area contributed by atoms with Crippen LogP contribution in [0.15, 0.2) is 60.7 Å². The summed E-state index contributed by atoms with van der Waals surface area (Å²) >= 11 is 6.80. The van der Waals surface area contributed by atoms with Gasteiger partial charge in [-0.25, -0.2) is 0 Å². The number of hydrogen-bond acceptors (Lipinski definition) is 7. The zero-order valence-electron chi connectivity index (χ0n) is 28.9. The molecule has 258 valence electrons. The van der Waals surface area contributed by atoms with E-state index in [1.54, 1.807) is 0 Å². The van der Waals surface area contributed by atoms with Crippen molar-refractivity contribution in [2.45, 2.75) is 116 Å². The first-order valence-electron chi connectivity index (χ1n) is 17.8. The first kappa shape index (κ1) is 37.4. The number of halogens is 1. The van der Waals surface area contributed by atoms with Gasteiger partial charge in [0, 0.05) is 43.4 Å². The summed E-state index contributed by atoms with van der Waals surface area (Å²) < 4.78 is 33.1. The van der Waals surface area contributed by atoms with E-state index in [0.29, 0.717) is 44.5 Å². The molecule has 2 aromatic carbocycles. The third kappa shape index (κ3) is 11.3. The Morgan fingerprint density at radius 2 is 1.32 bits per heavy atom. The van der Waals surface area contributed by atoms with E-state index in [-0.39, 0.29) is 30.5 Å². The Morgan fingerprint density at radius 1 is 0.681 bits per heavy atom. The molecule has 3 aromatic rings. The van der Waals surface area contributed by atoms with E-state index in [4.69, 9.17) is 35.3 Å². The summed E-state index contributed by atoms with van der Waals surface area (Å²) in [5, 5.41) is 9.71. The third-order valence-corrected chi connectivity index (χ3v) is 8.91. The van der Waals surface area contributed by atoms with E-state index in [9.17, 15) is 0 Å². The molecular formula is C39H55ClN2O5. The average Bonchev–Trinajstić information content (AvgIpc) is 3.10. The summed E-state index contributed by atoms with van der Waals surface area (Å²) in [6.07, 6.45) is 7.04. The summed E-state index contributed by atoms with van der Waals surface area (Å²) in [4.78, 5) is 0. The van der Waals surface area contributed by atoms with Crippen molar-refractivity contribution in [3.63, 3.8) is 0 Å². The van der Waals surface area contributed by atoms with Crippen LogP contribution in [0.2, 0.25) is 5.02 Å². The van der Waals surface area contributed by atoms with Crippen molar-refractivity contribution in [3.05, 3.63) is 82.5 Å². The van der Waals surface area contributed by atoms with Crippen LogP contribution < -0.4 is 0 Å². The summed E-state index contributed by atoms with van der Waals surface area (Å²) in [5.41, 5.74) is 4.68. The maximum atomic E-state index is 6.96. The van der Waals surface area contributed by atoms with Crippen molar-refractivity contribution < 1.29 is 23.7 Å². The standard InChI is InChI=1S/C39H55ClN2O5/c1-5-9-22-43-28-35-37(44-23-10-6-2)39(46-25-12-8-4)38(45-24-11-7-3)36(47-35)30-18-20-33(40)31(26-30)27-32-19-21-34(42-41-32)29-16-14-13-15-17-29/h13-21,26,35-39H,5-12,22-25,27-28H2,1-4H3/t35-,36+,37-,38+,39+/m1/s1. The van der Waals surface area contributed by atoms with Gasteiger partial charge in [0.25, 0.3) is 0 Å². The lowest BCUT2D eigenvalue weighted by molar-refractivity contribution is -0.268. The molecule has 1 saturated heterocycles. The Balaban J connectivity index is 1.64. The minimum absolute atomic E-state index is 0.298. The highest BCUT2D eigenvalue weighted by Gasteiger charge is 2.48. The third-order valence-electron chi connectivity index (χ3n) is 8.54. The first-order valence-corrected chi connectivity index (χ1v) is 18.2. The minimum Gasteiger partial charge on any atom is -0.379 e. The average molecular weight is 667 g/mol. The number of ether oxygens (including phenoxy) is 5. The van der Waals surface area contributed by atoms with E-state index in [0.717, 1.165) is 79.4 Å². The van der Waals surface area contributed by atoms with Crippen LogP contribution >= 0.6 is 11.6 Å². The number of aromatic nitrogens is 2. The van der Waals surface area contributed by atoms with Gasteiger partial charge in [-0.15, -0.1) is 0 Å². The highest BCUT2D eigenvalue weighted by atomic mass is 35.5. The lowest BCUT2D eigenvalue weighted by Crippen LogP contribution is -2.58. The van der Waals surface area contributed by atoms with Crippen molar-refractivity contribution in [2.75, 3.05) is 33.0 Å². The second kappa shape index (κ2) is 20.9. The number of hydrogen-bond donors (Lipinski definition) is 0.